The van der Waals surface area contributed by atoms with Gasteiger partial charge in [-0.05, 0) is 19.3 Å². The van der Waals surface area contributed by atoms with E-state index in [9.17, 15) is 9.59 Å². The van der Waals surface area contributed by atoms with E-state index < -0.39 is 17.9 Å². The minimum atomic E-state index is -0.877. The van der Waals surface area contributed by atoms with Gasteiger partial charge in [-0.3, -0.25) is 10.1 Å². The summed E-state index contributed by atoms with van der Waals surface area (Å²) >= 11 is 0. The highest BCUT2D eigenvalue weighted by atomic mass is 16.5. The van der Waals surface area contributed by atoms with Gasteiger partial charge in [0.15, 0.2) is 5.82 Å². The summed E-state index contributed by atoms with van der Waals surface area (Å²) in [4.78, 5) is 28.3. The number of hydrogen-bond acceptors (Lipinski definition) is 5. The van der Waals surface area contributed by atoms with Crippen molar-refractivity contribution in [3.8, 4) is 0 Å². The Kier molecular flexibility index (Phi) is 3.68. The fraction of sp³-hybridized carbons (Fsp3) is 0.636. The van der Waals surface area contributed by atoms with E-state index in [1.54, 1.807) is 6.92 Å². The normalized spacial score (nSPS) is 23.2. The minimum Gasteiger partial charge on any atom is -0.481 e. The van der Waals surface area contributed by atoms with Crippen molar-refractivity contribution in [1.82, 2.24) is 15.0 Å². The van der Waals surface area contributed by atoms with E-state index in [0.29, 0.717) is 18.8 Å². The summed E-state index contributed by atoms with van der Waals surface area (Å²) in [5.41, 5.74) is 0. The SMILES string of the molecule is Cc1noc(NC(=O)N2CC(C)CC(C(=O)O)C2)n1. The van der Waals surface area contributed by atoms with E-state index in [0.717, 1.165) is 0 Å². The number of nitrogens with one attached hydrogen (secondary N) is 1. The van der Waals surface area contributed by atoms with Crippen molar-refractivity contribution >= 4 is 18.0 Å². The number of nitrogens with zero attached hydrogens (tertiary/aromatic N) is 3. The molecule has 2 rings (SSSR count). The monoisotopic (exact) mass is 268 g/mol. The molecule has 2 unspecified atom stereocenters. The summed E-state index contributed by atoms with van der Waals surface area (Å²) in [6.45, 7) is 4.27. The van der Waals surface area contributed by atoms with E-state index in [4.69, 9.17) is 9.63 Å². The summed E-state index contributed by atoms with van der Waals surface area (Å²) in [6, 6.07) is -0.394. The van der Waals surface area contributed by atoms with E-state index >= 15 is 0 Å². The molecule has 1 aliphatic heterocycles. The van der Waals surface area contributed by atoms with Crippen LogP contribution in [-0.4, -0.2) is 45.2 Å². The van der Waals surface area contributed by atoms with Gasteiger partial charge < -0.3 is 14.5 Å². The van der Waals surface area contributed by atoms with Gasteiger partial charge in [0.05, 0.1) is 5.92 Å². The van der Waals surface area contributed by atoms with Crippen LogP contribution in [0.25, 0.3) is 0 Å². The van der Waals surface area contributed by atoms with Gasteiger partial charge in [-0.1, -0.05) is 12.1 Å². The lowest BCUT2D eigenvalue weighted by molar-refractivity contribution is -0.143. The van der Waals surface area contributed by atoms with E-state index in [2.05, 4.69) is 15.5 Å². The number of anilines is 1. The molecule has 0 bridgehead atoms. The van der Waals surface area contributed by atoms with Gasteiger partial charge in [0, 0.05) is 13.1 Å². The molecule has 2 atom stereocenters. The van der Waals surface area contributed by atoms with Crippen LogP contribution in [0.1, 0.15) is 19.2 Å². The zero-order valence-electron chi connectivity index (χ0n) is 10.8. The van der Waals surface area contributed by atoms with E-state index in [1.807, 2.05) is 6.92 Å². The van der Waals surface area contributed by atoms with Crippen molar-refractivity contribution in [1.29, 1.82) is 0 Å². The lowest BCUT2D eigenvalue weighted by atomic mass is 9.91. The number of aryl methyl sites for hydroxylation is 1. The van der Waals surface area contributed by atoms with Gasteiger partial charge in [-0.25, -0.2) is 4.79 Å². The van der Waals surface area contributed by atoms with Crippen LogP contribution in [0.3, 0.4) is 0 Å². The number of amides is 2. The number of hydrogen-bond donors (Lipinski definition) is 2. The zero-order chi connectivity index (χ0) is 14.0. The number of carboxylic acid groups (broad SMARTS) is 1. The molecule has 1 aromatic heterocycles. The Morgan fingerprint density at radius 1 is 1.47 bits per heavy atom. The van der Waals surface area contributed by atoms with Crippen LogP contribution in [0.2, 0.25) is 0 Å². The minimum absolute atomic E-state index is 0.0209. The molecule has 0 spiro atoms. The third-order valence-corrected chi connectivity index (χ3v) is 3.04. The molecule has 0 aromatic carbocycles. The van der Waals surface area contributed by atoms with Crippen LogP contribution in [0, 0.1) is 18.8 Å². The van der Waals surface area contributed by atoms with Crippen molar-refractivity contribution in [3.05, 3.63) is 5.82 Å². The van der Waals surface area contributed by atoms with Crippen LogP contribution in [0.15, 0.2) is 4.52 Å². The second-order valence-electron chi connectivity index (χ2n) is 4.86. The maximum absolute atomic E-state index is 12.0. The molecule has 0 saturated carbocycles. The van der Waals surface area contributed by atoms with Crippen LogP contribution < -0.4 is 5.32 Å². The maximum Gasteiger partial charge on any atom is 0.329 e. The Hall–Kier alpha value is -2.12. The molecule has 104 valence electrons. The Morgan fingerprint density at radius 2 is 2.21 bits per heavy atom. The van der Waals surface area contributed by atoms with Gasteiger partial charge in [-0.2, -0.15) is 4.98 Å². The number of urea groups is 1. The summed E-state index contributed by atoms with van der Waals surface area (Å²) in [5.74, 6) is -0.840. The molecular weight excluding hydrogens is 252 g/mol. The van der Waals surface area contributed by atoms with Crippen molar-refractivity contribution in [2.75, 3.05) is 18.4 Å². The summed E-state index contributed by atoms with van der Waals surface area (Å²) < 4.78 is 4.79. The third kappa shape index (κ3) is 3.21. The molecule has 1 aromatic rings. The molecule has 1 aliphatic rings. The number of rotatable bonds is 2. The molecule has 2 heterocycles. The van der Waals surface area contributed by atoms with Crippen LogP contribution >= 0.6 is 0 Å². The average Bonchev–Trinajstić information content (AvgIpc) is 2.73. The molecule has 1 fully saturated rings. The Morgan fingerprint density at radius 3 is 2.79 bits per heavy atom. The second kappa shape index (κ2) is 5.25. The Bertz CT molecular complexity index is 487. The first kappa shape index (κ1) is 13.3. The molecule has 1 saturated heterocycles. The summed E-state index contributed by atoms with van der Waals surface area (Å²) in [7, 11) is 0. The lowest BCUT2D eigenvalue weighted by Crippen LogP contribution is -2.47. The smallest absolute Gasteiger partial charge is 0.329 e. The molecule has 8 heteroatoms. The van der Waals surface area contributed by atoms with E-state index in [-0.39, 0.29) is 18.5 Å². The second-order valence-corrected chi connectivity index (χ2v) is 4.86. The highest BCUT2D eigenvalue weighted by Gasteiger charge is 2.32. The predicted octanol–water partition coefficient (Wildman–Crippen LogP) is 0.953. The fourth-order valence-corrected chi connectivity index (χ4v) is 2.21. The summed E-state index contributed by atoms with van der Waals surface area (Å²) in [6.07, 6.45) is 0.582. The van der Waals surface area contributed by atoms with Crippen molar-refractivity contribution in [3.63, 3.8) is 0 Å². The van der Waals surface area contributed by atoms with Crippen LogP contribution in [-0.2, 0) is 4.79 Å². The number of aromatic nitrogens is 2. The van der Waals surface area contributed by atoms with Gasteiger partial charge >= 0.3 is 18.0 Å². The molecule has 2 amide bonds. The quantitative estimate of drug-likeness (QED) is 0.826. The molecule has 0 radical (unpaired) electrons. The number of aliphatic carboxylic acids is 1. The van der Waals surface area contributed by atoms with Gasteiger partial charge in [-0.15, -0.1) is 0 Å². The van der Waals surface area contributed by atoms with Gasteiger partial charge in [0.25, 0.3) is 0 Å². The number of likely N-dealkylation sites (tertiary alicyclic amines) is 1. The van der Waals surface area contributed by atoms with Gasteiger partial charge in [0.2, 0.25) is 0 Å². The van der Waals surface area contributed by atoms with Crippen LogP contribution in [0.5, 0.6) is 0 Å². The topological polar surface area (TPSA) is 109 Å². The van der Waals surface area contributed by atoms with Crippen molar-refractivity contribution in [2.24, 2.45) is 11.8 Å². The molecular formula is C11H16N4O4. The van der Waals surface area contributed by atoms with Crippen LogP contribution in [0.4, 0.5) is 10.8 Å². The number of piperidine rings is 1. The first-order chi connectivity index (χ1) is 8.95. The number of carbonyl (C=O) groups is 2. The molecule has 0 aliphatic carbocycles. The number of carboxylic acids is 1. The molecule has 2 N–H and O–H groups in total. The first-order valence-corrected chi connectivity index (χ1v) is 6.04. The van der Waals surface area contributed by atoms with Crippen molar-refractivity contribution in [2.45, 2.75) is 20.3 Å². The first-order valence-electron chi connectivity index (χ1n) is 6.04. The number of carbonyl (C=O) groups excluding carboxylic acids is 1. The largest absolute Gasteiger partial charge is 0.481 e. The fourth-order valence-electron chi connectivity index (χ4n) is 2.21. The van der Waals surface area contributed by atoms with Gasteiger partial charge in [0.1, 0.15) is 0 Å². The highest BCUT2D eigenvalue weighted by molar-refractivity contribution is 5.87. The summed E-state index contributed by atoms with van der Waals surface area (Å²) in [5, 5.41) is 15.1. The molecule has 19 heavy (non-hydrogen) atoms. The molecule has 8 nitrogen and oxygen atoms in total. The lowest BCUT2D eigenvalue weighted by Gasteiger charge is -2.34. The Balaban J connectivity index is 2.00. The van der Waals surface area contributed by atoms with Crippen molar-refractivity contribution < 1.29 is 19.2 Å². The zero-order valence-corrected chi connectivity index (χ0v) is 10.8. The standard InChI is InChI=1S/C11H16N4O4/c1-6-3-8(9(16)17)5-15(4-6)11(18)13-10-12-7(2)14-19-10/h6,8H,3-5H2,1-2H3,(H,16,17)(H,12,13,14,18). The van der Waals surface area contributed by atoms with E-state index in [1.165, 1.54) is 4.90 Å². The Labute approximate surface area is 109 Å². The maximum atomic E-state index is 12.0. The predicted molar refractivity (Wildman–Crippen MR) is 64.5 cm³/mol. The third-order valence-electron chi connectivity index (χ3n) is 3.04. The average molecular weight is 268 g/mol. The highest BCUT2D eigenvalue weighted by Crippen LogP contribution is 2.22.